The van der Waals surface area contributed by atoms with Gasteiger partial charge in [-0.15, -0.1) is 0 Å². The molecule has 7 heteroatoms. The minimum Gasteiger partial charge on any atom is -0.493 e. The Morgan fingerprint density at radius 2 is 1.50 bits per heavy atom. The number of hydrogen-bond acceptors (Lipinski definition) is 6. The van der Waals surface area contributed by atoms with Gasteiger partial charge in [-0.05, 0) is 41.8 Å². The van der Waals surface area contributed by atoms with Crippen molar-refractivity contribution < 1.29 is 13.9 Å². The molecule has 3 rings (SSSR count). The molecule has 2 aromatic carbocycles. The zero-order valence-corrected chi connectivity index (χ0v) is 15.9. The van der Waals surface area contributed by atoms with Crippen molar-refractivity contribution in [1.82, 2.24) is 9.97 Å². The SMILES string of the molecule is COc1ccc(CNc2cc(NCCc3ccc(F)cc3)ncn2)cc1OC. The molecule has 0 saturated carbocycles. The topological polar surface area (TPSA) is 68.3 Å². The Kier molecular flexibility index (Phi) is 6.62. The molecule has 0 amide bonds. The van der Waals surface area contributed by atoms with E-state index in [-0.39, 0.29) is 5.82 Å². The maximum atomic E-state index is 12.9. The largest absolute Gasteiger partial charge is 0.493 e. The van der Waals surface area contributed by atoms with Crippen LogP contribution in [0.3, 0.4) is 0 Å². The summed E-state index contributed by atoms with van der Waals surface area (Å²) in [6.45, 7) is 1.28. The van der Waals surface area contributed by atoms with Crippen molar-refractivity contribution in [3.63, 3.8) is 0 Å². The van der Waals surface area contributed by atoms with E-state index in [1.54, 1.807) is 26.4 Å². The third kappa shape index (κ3) is 5.33. The number of rotatable bonds is 9. The minimum absolute atomic E-state index is 0.224. The number of nitrogens with zero attached hydrogens (tertiary/aromatic N) is 2. The number of nitrogens with one attached hydrogen (secondary N) is 2. The first-order chi connectivity index (χ1) is 13.7. The van der Waals surface area contributed by atoms with Gasteiger partial charge in [-0.2, -0.15) is 0 Å². The first-order valence-corrected chi connectivity index (χ1v) is 8.93. The van der Waals surface area contributed by atoms with Gasteiger partial charge in [0.2, 0.25) is 0 Å². The molecule has 0 spiro atoms. The summed E-state index contributed by atoms with van der Waals surface area (Å²) >= 11 is 0. The van der Waals surface area contributed by atoms with Gasteiger partial charge in [0, 0.05) is 19.2 Å². The summed E-state index contributed by atoms with van der Waals surface area (Å²) in [5.74, 6) is 2.60. The number of anilines is 2. The van der Waals surface area contributed by atoms with Crippen molar-refractivity contribution in [2.45, 2.75) is 13.0 Å². The maximum absolute atomic E-state index is 12.9. The van der Waals surface area contributed by atoms with Gasteiger partial charge in [-0.25, -0.2) is 14.4 Å². The lowest BCUT2D eigenvalue weighted by molar-refractivity contribution is 0.354. The van der Waals surface area contributed by atoms with Crippen LogP contribution in [-0.2, 0) is 13.0 Å². The van der Waals surface area contributed by atoms with Gasteiger partial charge in [-0.1, -0.05) is 18.2 Å². The van der Waals surface area contributed by atoms with Gasteiger partial charge in [0.25, 0.3) is 0 Å². The zero-order valence-electron chi connectivity index (χ0n) is 15.9. The Morgan fingerprint density at radius 1 is 0.821 bits per heavy atom. The standard InChI is InChI=1S/C21H23FN4O2/c1-27-18-8-5-16(11-19(18)28-2)13-24-21-12-20(25-14-26-21)23-10-9-15-3-6-17(22)7-4-15/h3-8,11-12,14H,9-10,13H2,1-2H3,(H2,23,24,25,26). The highest BCUT2D eigenvalue weighted by Gasteiger charge is 2.05. The quantitative estimate of drug-likeness (QED) is 0.585. The first kappa shape index (κ1) is 19.4. The van der Waals surface area contributed by atoms with Crippen LogP contribution in [0.1, 0.15) is 11.1 Å². The summed E-state index contributed by atoms with van der Waals surface area (Å²) in [4.78, 5) is 8.48. The van der Waals surface area contributed by atoms with E-state index in [2.05, 4.69) is 20.6 Å². The summed E-state index contributed by atoms with van der Waals surface area (Å²) < 4.78 is 23.5. The third-order valence-electron chi connectivity index (χ3n) is 4.22. The molecule has 0 unspecified atom stereocenters. The van der Waals surface area contributed by atoms with E-state index in [0.29, 0.717) is 30.4 Å². The van der Waals surface area contributed by atoms with Gasteiger partial charge >= 0.3 is 0 Å². The molecule has 6 nitrogen and oxygen atoms in total. The predicted octanol–water partition coefficient (Wildman–Crippen LogP) is 3.90. The van der Waals surface area contributed by atoms with Crippen LogP contribution in [-0.4, -0.2) is 30.7 Å². The summed E-state index contributed by atoms with van der Waals surface area (Å²) in [5.41, 5.74) is 2.11. The zero-order chi connectivity index (χ0) is 19.8. The van der Waals surface area contributed by atoms with E-state index in [4.69, 9.17) is 9.47 Å². The van der Waals surface area contributed by atoms with Crippen molar-refractivity contribution in [3.8, 4) is 11.5 Å². The van der Waals surface area contributed by atoms with Crippen molar-refractivity contribution in [2.24, 2.45) is 0 Å². The fourth-order valence-electron chi connectivity index (χ4n) is 2.72. The number of halogens is 1. The number of ether oxygens (including phenoxy) is 2. The molecule has 0 aliphatic heterocycles. The molecular formula is C21H23FN4O2. The lowest BCUT2D eigenvalue weighted by Gasteiger charge is -2.11. The fraction of sp³-hybridized carbons (Fsp3) is 0.238. The Labute approximate surface area is 163 Å². The normalized spacial score (nSPS) is 10.4. The van der Waals surface area contributed by atoms with Crippen LogP contribution < -0.4 is 20.1 Å². The highest BCUT2D eigenvalue weighted by molar-refractivity contribution is 5.48. The van der Waals surface area contributed by atoms with E-state index in [1.165, 1.54) is 18.5 Å². The highest BCUT2D eigenvalue weighted by atomic mass is 19.1. The maximum Gasteiger partial charge on any atom is 0.161 e. The molecule has 1 aromatic heterocycles. The van der Waals surface area contributed by atoms with Gasteiger partial charge in [-0.3, -0.25) is 0 Å². The third-order valence-corrected chi connectivity index (χ3v) is 4.22. The Balaban J connectivity index is 1.53. The minimum atomic E-state index is -0.224. The number of methoxy groups -OCH3 is 2. The lowest BCUT2D eigenvalue weighted by atomic mass is 10.1. The molecule has 0 fully saturated rings. The van der Waals surface area contributed by atoms with Gasteiger partial charge in [0.05, 0.1) is 14.2 Å². The Bertz CT molecular complexity index is 903. The molecule has 2 N–H and O–H groups in total. The second kappa shape index (κ2) is 9.55. The smallest absolute Gasteiger partial charge is 0.161 e. The molecule has 3 aromatic rings. The van der Waals surface area contributed by atoms with Crippen LogP contribution in [0, 0.1) is 5.82 Å². The van der Waals surface area contributed by atoms with E-state index >= 15 is 0 Å². The number of benzene rings is 2. The Hall–Kier alpha value is -3.35. The molecule has 0 radical (unpaired) electrons. The number of aromatic nitrogens is 2. The highest BCUT2D eigenvalue weighted by Crippen LogP contribution is 2.27. The van der Waals surface area contributed by atoms with Crippen molar-refractivity contribution in [2.75, 3.05) is 31.4 Å². The monoisotopic (exact) mass is 382 g/mol. The van der Waals surface area contributed by atoms with Gasteiger partial charge in [0.1, 0.15) is 23.8 Å². The molecule has 1 heterocycles. The van der Waals surface area contributed by atoms with Crippen molar-refractivity contribution >= 4 is 11.6 Å². The summed E-state index contributed by atoms with van der Waals surface area (Å²) in [7, 11) is 3.23. The predicted molar refractivity (Wildman–Crippen MR) is 107 cm³/mol. The second-order valence-electron chi connectivity index (χ2n) is 6.13. The molecule has 28 heavy (non-hydrogen) atoms. The molecule has 146 valence electrons. The molecule has 0 aliphatic carbocycles. The summed E-state index contributed by atoms with van der Waals surface area (Å²) in [6, 6.07) is 14.1. The summed E-state index contributed by atoms with van der Waals surface area (Å²) in [5, 5.41) is 6.53. The van der Waals surface area contributed by atoms with Gasteiger partial charge < -0.3 is 20.1 Å². The van der Waals surface area contributed by atoms with Crippen LogP contribution in [0.2, 0.25) is 0 Å². The van der Waals surface area contributed by atoms with Gasteiger partial charge in [0.15, 0.2) is 11.5 Å². The first-order valence-electron chi connectivity index (χ1n) is 8.93. The lowest BCUT2D eigenvalue weighted by Crippen LogP contribution is -2.08. The van der Waals surface area contributed by atoms with Crippen LogP contribution in [0.25, 0.3) is 0 Å². The van der Waals surface area contributed by atoms with Crippen molar-refractivity contribution in [1.29, 1.82) is 0 Å². The average Bonchev–Trinajstić information content (AvgIpc) is 2.74. The van der Waals surface area contributed by atoms with Crippen LogP contribution >= 0.6 is 0 Å². The second-order valence-corrected chi connectivity index (χ2v) is 6.13. The van der Waals surface area contributed by atoms with Crippen LogP contribution in [0.5, 0.6) is 11.5 Å². The summed E-state index contributed by atoms with van der Waals surface area (Å²) in [6.07, 6.45) is 2.29. The number of hydrogen-bond donors (Lipinski definition) is 2. The van der Waals surface area contributed by atoms with E-state index in [1.807, 2.05) is 24.3 Å². The van der Waals surface area contributed by atoms with Crippen molar-refractivity contribution in [3.05, 3.63) is 71.8 Å². The van der Waals surface area contributed by atoms with Crippen LogP contribution in [0.15, 0.2) is 54.9 Å². The molecule has 0 aliphatic rings. The molecule has 0 bridgehead atoms. The average molecular weight is 382 g/mol. The molecule has 0 atom stereocenters. The Morgan fingerprint density at radius 3 is 2.21 bits per heavy atom. The van der Waals surface area contributed by atoms with E-state index in [9.17, 15) is 4.39 Å². The molecule has 0 saturated heterocycles. The molecular weight excluding hydrogens is 359 g/mol. The van der Waals surface area contributed by atoms with E-state index in [0.717, 1.165) is 23.4 Å². The van der Waals surface area contributed by atoms with Crippen LogP contribution in [0.4, 0.5) is 16.0 Å². The van der Waals surface area contributed by atoms with E-state index < -0.39 is 0 Å². The fourth-order valence-corrected chi connectivity index (χ4v) is 2.72.